The van der Waals surface area contributed by atoms with Gasteiger partial charge in [-0.1, -0.05) is 59.9 Å². The van der Waals surface area contributed by atoms with E-state index in [2.05, 4.69) is 52.8 Å². The highest BCUT2D eigenvalue weighted by atomic mass is 80.0. The van der Waals surface area contributed by atoms with Crippen LogP contribution in [0.1, 0.15) is 5.56 Å². The van der Waals surface area contributed by atoms with E-state index in [1.165, 1.54) is 6.08 Å². The Morgan fingerprint density at radius 2 is 1.69 bits per heavy atom. The maximum Gasteiger partial charge on any atom is 0.240 e. The van der Waals surface area contributed by atoms with Crippen LogP contribution in [-0.2, 0) is 6.94 Å². The third-order valence-electron chi connectivity index (χ3n) is 1.37. The topological polar surface area (TPSA) is 29.4 Å². The van der Waals surface area contributed by atoms with Crippen molar-refractivity contribution in [1.82, 2.24) is 0 Å². The average molecular weight is 370 g/mol. The van der Waals surface area contributed by atoms with Gasteiger partial charge in [-0.15, -0.1) is 0 Å². The van der Waals surface area contributed by atoms with Gasteiger partial charge in [-0.05, 0) is 17.7 Å². The summed E-state index contributed by atoms with van der Waals surface area (Å²) in [7, 11) is 0. The number of benzene rings is 1. The summed E-state index contributed by atoms with van der Waals surface area (Å²) in [4.78, 5) is 13.4. The lowest BCUT2D eigenvalue weighted by atomic mass is 10.2. The molecule has 0 aliphatic heterocycles. The minimum Gasteiger partial charge on any atom is -0.211 e. The molecule has 68 valence electrons. The summed E-state index contributed by atoms with van der Waals surface area (Å²) in [5.74, 6) is 0. The van der Waals surface area contributed by atoms with E-state index in [0.717, 1.165) is 5.56 Å². The molecule has 0 bridgehead atoms. The van der Waals surface area contributed by atoms with Crippen LogP contribution < -0.4 is 0 Å². The largest absolute Gasteiger partial charge is 0.240 e. The molecule has 0 radical (unpaired) electrons. The molecule has 5 heteroatoms. The number of rotatable bonds is 1. The Hall–Kier alpha value is 0.0400. The Bertz CT molecular complexity index is 335. The van der Waals surface area contributed by atoms with Gasteiger partial charge >= 0.3 is 0 Å². The van der Waals surface area contributed by atoms with E-state index < -0.39 is 2.14 Å². The van der Waals surface area contributed by atoms with E-state index in [1.54, 1.807) is 12.1 Å². The monoisotopic (exact) mass is 367 g/mol. The highest BCUT2D eigenvalue weighted by molar-refractivity contribution is 9.38. The van der Waals surface area contributed by atoms with Gasteiger partial charge in [0.05, 0.1) is 5.69 Å². The minimum atomic E-state index is -0.420. The molecule has 0 unspecified atom stereocenters. The number of hydrogen-bond donors (Lipinski definition) is 0. The number of isocyanates is 1. The molecule has 0 atom stereocenters. The van der Waals surface area contributed by atoms with Crippen molar-refractivity contribution in [1.29, 1.82) is 0 Å². The van der Waals surface area contributed by atoms with Crippen LogP contribution in [0.4, 0.5) is 5.69 Å². The van der Waals surface area contributed by atoms with Gasteiger partial charge in [0.2, 0.25) is 6.08 Å². The molecular formula is C8H4Br3NO. The normalized spacial score (nSPS) is 10.7. The van der Waals surface area contributed by atoms with Crippen LogP contribution >= 0.6 is 47.8 Å². The molecule has 0 fully saturated rings. The zero-order valence-corrected chi connectivity index (χ0v) is 11.1. The molecule has 2 nitrogen and oxygen atoms in total. The van der Waals surface area contributed by atoms with Crippen LogP contribution in [-0.4, -0.2) is 6.08 Å². The van der Waals surface area contributed by atoms with Crippen molar-refractivity contribution in [2.45, 2.75) is 2.14 Å². The van der Waals surface area contributed by atoms with Gasteiger partial charge in [0.25, 0.3) is 0 Å². The van der Waals surface area contributed by atoms with Crippen LogP contribution in [0.2, 0.25) is 0 Å². The first kappa shape index (κ1) is 11.1. The summed E-state index contributed by atoms with van der Waals surface area (Å²) < 4.78 is -0.420. The molecule has 1 aromatic rings. The summed E-state index contributed by atoms with van der Waals surface area (Å²) in [6.07, 6.45) is 1.48. The number of halogens is 3. The van der Waals surface area contributed by atoms with Crippen LogP contribution in [0.5, 0.6) is 0 Å². The predicted molar refractivity (Wildman–Crippen MR) is 62.7 cm³/mol. The van der Waals surface area contributed by atoms with E-state index in [-0.39, 0.29) is 0 Å². The molecular weight excluding hydrogens is 366 g/mol. The van der Waals surface area contributed by atoms with E-state index in [4.69, 9.17) is 0 Å². The summed E-state index contributed by atoms with van der Waals surface area (Å²) in [5.41, 5.74) is 1.58. The minimum absolute atomic E-state index is 0.420. The molecule has 0 N–H and O–H groups in total. The fraction of sp³-hybridized carbons (Fsp3) is 0.125. The quantitative estimate of drug-likeness (QED) is 0.418. The second-order valence-corrected chi connectivity index (χ2v) is 9.01. The fourth-order valence-electron chi connectivity index (χ4n) is 0.778. The van der Waals surface area contributed by atoms with Gasteiger partial charge < -0.3 is 0 Å². The maximum absolute atomic E-state index is 9.94. The van der Waals surface area contributed by atoms with E-state index in [0.29, 0.717) is 5.69 Å². The van der Waals surface area contributed by atoms with Crippen molar-refractivity contribution in [3.63, 3.8) is 0 Å². The third kappa shape index (κ3) is 3.35. The highest BCUT2D eigenvalue weighted by Crippen LogP contribution is 2.44. The Kier molecular flexibility index (Phi) is 3.86. The second-order valence-electron chi connectivity index (χ2n) is 2.25. The van der Waals surface area contributed by atoms with Gasteiger partial charge in [-0.2, -0.15) is 4.99 Å². The summed E-state index contributed by atoms with van der Waals surface area (Å²) in [6, 6.07) is 7.15. The van der Waals surface area contributed by atoms with Gasteiger partial charge in [0.15, 0.2) is 2.14 Å². The van der Waals surface area contributed by atoms with Gasteiger partial charge in [-0.3, -0.25) is 0 Å². The molecule has 0 amide bonds. The lowest BCUT2D eigenvalue weighted by molar-refractivity contribution is 0.565. The van der Waals surface area contributed by atoms with Crippen molar-refractivity contribution < 1.29 is 4.79 Å². The second kappa shape index (κ2) is 4.51. The predicted octanol–water partition coefficient (Wildman–Crippen LogP) is 3.95. The molecule has 13 heavy (non-hydrogen) atoms. The molecule has 1 aromatic carbocycles. The fourth-order valence-corrected chi connectivity index (χ4v) is 1.57. The van der Waals surface area contributed by atoms with Crippen LogP contribution in [0, 0.1) is 0 Å². The standard InChI is InChI=1S/C8H4Br3NO/c9-8(10,11)6-1-3-7(4-2-6)12-5-13/h1-4H. The van der Waals surface area contributed by atoms with Gasteiger partial charge in [0.1, 0.15) is 0 Å². The Morgan fingerprint density at radius 3 is 2.08 bits per heavy atom. The molecule has 1 rings (SSSR count). The summed E-state index contributed by atoms with van der Waals surface area (Å²) in [6.45, 7) is 0. The molecule has 0 spiro atoms. The van der Waals surface area contributed by atoms with E-state index >= 15 is 0 Å². The lowest BCUT2D eigenvalue weighted by Gasteiger charge is -2.11. The van der Waals surface area contributed by atoms with Crippen molar-refractivity contribution in [3.05, 3.63) is 29.8 Å². The van der Waals surface area contributed by atoms with E-state index in [9.17, 15) is 4.79 Å². The lowest BCUT2D eigenvalue weighted by Crippen LogP contribution is -1.95. The van der Waals surface area contributed by atoms with Crippen molar-refractivity contribution >= 4 is 59.6 Å². The van der Waals surface area contributed by atoms with Gasteiger partial charge in [0, 0.05) is 0 Å². The molecule has 0 aliphatic rings. The Morgan fingerprint density at radius 1 is 1.15 bits per heavy atom. The van der Waals surface area contributed by atoms with Crippen LogP contribution in [0.15, 0.2) is 29.3 Å². The van der Waals surface area contributed by atoms with Crippen molar-refractivity contribution in [2.24, 2.45) is 4.99 Å². The number of aliphatic imine (C=N–C) groups is 1. The molecule has 0 aliphatic carbocycles. The Balaban J connectivity index is 3.00. The number of alkyl halides is 3. The molecule has 0 aromatic heterocycles. The molecule has 0 saturated heterocycles. The number of hydrogen-bond acceptors (Lipinski definition) is 2. The van der Waals surface area contributed by atoms with Gasteiger partial charge in [-0.25, -0.2) is 4.79 Å². The number of carbonyl (C=O) groups excluding carboxylic acids is 1. The van der Waals surface area contributed by atoms with E-state index in [1.807, 2.05) is 12.1 Å². The first-order valence-electron chi connectivity index (χ1n) is 3.29. The first-order valence-corrected chi connectivity index (χ1v) is 5.67. The summed E-state index contributed by atoms with van der Waals surface area (Å²) >= 11 is 10.1. The van der Waals surface area contributed by atoms with Crippen molar-refractivity contribution in [3.8, 4) is 0 Å². The highest BCUT2D eigenvalue weighted by Gasteiger charge is 2.19. The first-order chi connectivity index (χ1) is 6.04. The average Bonchev–Trinajstić information content (AvgIpc) is 2.04. The molecule has 0 saturated carbocycles. The smallest absolute Gasteiger partial charge is 0.211 e. The SMILES string of the molecule is O=C=Nc1ccc(C(Br)(Br)Br)cc1. The Labute approximate surface area is 101 Å². The summed E-state index contributed by atoms with van der Waals surface area (Å²) in [5, 5.41) is 0. The third-order valence-corrected chi connectivity index (χ3v) is 2.74. The zero-order chi connectivity index (χ0) is 9.90. The zero-order valence-electron chi connectivity index (χ0n) is 6.30. The molecule has 0 heterocycles. The van der Waals surface area contributed by atoms with Crippen molar-refractivity contribution in [2.75, 3.05) is 0 Å². The van der Waals surface area contributed by atoms with Crippen LogP contribution in [0.25, 0.3) is 0 Å². The van der Waals surface area contributed by atoms with Crippen LogP contribution in [0.3, 0.4) is 0 Å². The number of nitrogens with zero attached hydrogens (tertiary/aromatic N) is 1. The maximum atomic E-state index is 9.94.